The Kier molecular flexibility index (Phi) is 10.00. The molecule has 1 atom stereocenters. The maximum Gasteiger partial charge on any atom is 0.176 e. The molecule has 0 aromatic heterocycles. The maximum absolute atomic E-state index is 14.0. The molecule has 0 spiro atoms. The molecule has 0 saturated carbocycles. The van der Waals surface area contributed by atoms with Gasteiger partial charge in [0.25, 0.3) is 0 Å². The van der Waals surface area contributed by atoms with Gasteiger partial charge in [-0.1, -0.05) is 48.0 Å². The molecule has 1 heterocycles. The molecule has 1 fully saturated rings. The van der Waals surface area contributed by atoms with Crippen molar-refractivity contribution in [2.45, 2.75) is 24.4 Å². The summed E-state index contributed by atoms with van der Waals surface area (Å²) in [5, 5.41) is 0.601. The number of nitrogens with two attached hydrogens (primary N) is 1. The molecule has 0 bridgehead atoms. The van der Waals surface area contributed by atoms with Crippen LogP contribution < -0.4 is 5.73 Å². The summed E-state index contributed by atoms with van der Waals surface area (Å²) in [5.74, 6) is -1.66. The minimum atomic E-state index is -3.77. The molecule has 0 amide bonds. The minimum absolute atomic E-state index is 0.0125. The van der Waals surface area contributed by atoms with E-state index >= 15 is 0 Å². The smallest absolute Gasteiger partial charge is 0.176 e. The van der Waals surface area contributed by atoms with E-state index < -0.39 is 27.0 Å². The van der Waals surface area contributed by atoms with Gasteiger partial charge in [0, 0.05) is 63.4 Å². The number of benzene rings is 3. The van der Waals surface area contributed by atoms with Crippen LogP contribution >= 0.6 is 11.6 Å². The third kappa shape index (κ3) is 7.41. The van der Waals surface area contributed by atoms with Crippen LogP contribution in [0, 0.1) is 11.6 Å². The number of rotatable bonds is 12. The molecular weight excluding hydrogens is 570 g/mol. The zero-order chi connectivity index (χ0) is 29.8. The first-order valence-corrected chi connectivity index (χ1v) is 15.5. The predicted molar refractivity (Wildman–Crippen MR) is 158 cm³/mol. The number of methoxy groups -OCH3 is 2. The fourth-order valence-electron chi connectivity index (χ4n) is 5.37. The molecule has 1 aliphatic heterocycles. The van der Waals surface area contributed by atoms with E-state index in [1.807, 2.05) is 48.5 Å². The van der Waals surface area contributed by atoms with Crippen LogP contribution in [0.5, 0.6) is 0 Å². The summed E-state index contributed by atoms with van der Waals surface area (Å²) in [5.41, 5.74) is 9.70. The number of halogens is 3. The van der Waals surface area contributed by atoms with Crippen molar-refractivity contribution in [1.29, 1.82) is 0 Å². The lowest BCUT2D eigenvalue weighted by Gasteiger charge is -2.42. The molecule has 3 aromatic rings. The standard InChI is InChI=1S/C31H35ClF2N2O4S/c1-39-14-12-31(35,13-15-40-2)25-8-4-21(5-9-25)29(22-6-10-26(32)11-7-22)36-19-24(20-36)30(41(3,37)38)23-16-27(33)18-28(34)17-23/h4-11,16-18,29H,12-15,19-20,35H2,1-3H3/t29-/m1/s1. The number of nitrogens with zero attached hydrogens (tertiary/aromatic N) is 1. The Labute approximate surface area is 245 Å². The van der Waals surface area contributed by atoms with Gasteiger partial charge < -0.3 is 15.2 Å². The second-order valence-corrected chi connectivity index (χ2v) is 12.9. The molecule has 3 aromatic carbocycles. The summed E-state index contributed by atoms with van der Waals surface area (Å²) in [6, 6.07) is 18.2. The Morgan fingerprint density at radius 2 is 1.41 bits per heavy atom. The fraction of sp³-hybridized carbons (Fsp3) is 0.355. The van der Waals surface area contributed by atoms with E-state index in [1.54, 1.807) is 14.2 Å². The zero-order valence-electron chi connectivity index (χ0n) is 23.4. The Morgan fingerprint density at radius 3 is 1.88 bits per heavy atom. The van der Waals surface area contributed by atoms with Gasteiger partial charge in [0.05, 0.1) is 10.9 Å². The number of hydrogen-bond acceptors (Lipinski definition) is 6. The molecule has 10 heteroatoms. The van der Waals surface area contributed by atoms with E-state index in [1.165, 1.54) is 0 Å². The van der Waals surface area contributed by atoms with E-state index in [0.717, 1.165) is 41.1 Å². The largest absolute Gasteiger partial charge is 0.385 e. The predicted octanol–water partition coefficient (Wildman–Crippen LogP) is 5.71. The van der Waals surface area contributed by atoms with Crippen LogP contribution in [-0.2, 0) is 24.8 Å². The first-order valence-electron chi connectivity index (χ1n) is 13.2. The number of hydrogen-bond donors (Lipinski definition) is 1. The monoisotopic (exact) mass is 604 g/mol. The van der Waals surface area contributed by atoms with Crippen LogP contribution in [0.25, 0.3) is 4.91 Å². The summed E-state index contributed by atoms with van der Waals surface area (Å²) in [6.45, 7) is 1.63. The molecule has 220 valence electrons. The highest BCUT2D eigenvalue weighted by Gasteiger charge is 2.35. The quantitative estimate of drug-likeness (QED) is 0.285. The summed E-state index contributed by atoms with van der Waals surface area (Å²) >= 11 is 6.17. The third-order valence-corrected chi connectivity index (χ3v) is 8.98. The topological polar surface area (TPSA) is 81.9 Å². The summed E-state index contributed by atoms with van der Waals surface area (Å²) in [4.78, 5) is 2.07. The average Bonchev–Trinajstić information content (AvgIpc) is 2.89. The lowest BCUT2D eigenvalue weighted by molar-refractivity contribution is 0.133. The molecule has 2 N–H and O–H groups in total. The van der Waals surface area contributed by atoms with Crippen molar-refractivity contribution < 1.29 is 26.7 Å². The maximum atomic E-state index is 14.0. The van der Waals surface area contributed by atoms with E-state index in [0.29, 0.717) is 49.7 Å². The Bertz CT molecular complexity index is 1460. The van der Waals surface area contributed by atoms with Crippen molar-refractivity contribution in [3.05, 3.63) is 111 Å². The highest BCUT2D eigenvalue weighted by molar-refractivity contribution is 8.00. The molecule has 41 heavy (non-hydrogen) atoms. The van der Waals surface area contributed by atoms with Crippen molar-refractivity contribution >= 4 is 26.3 Å². The molecule has 1 aliphatic rings. The first-order chi connectivity index (χ1) is 19.4. The van der Waals surface area contributed by atoms with Gasteiger partial charge in [-0.05, 0) is 64.9 Å². The summed E-state index contributed by atoms with van der Waals surface area (Å²) in [7, 11) is -0.475. The Balaban J connectivity index is 1.70. The van der Waals surface area contributed by atoms with Gasteiger partial charge in [0.15, 0.2) is 9.84 Å². The van der Waals surface area contributed by atoms with Crippen LogP contribution in [0.1, 0.15) is 41.1 Å². The van der Waals surface area contributed by atoms with E-state index in [-0.39, 0.29) is 16.5 Å². The number of ether oxygens (including phenoxy) is 2. The van der Waals surface area contributed by atoms with Gasteiger partial charge in [0.2, 0.25) is 0 Å². The van der Waals surface area contributed by atoms with Gasteiger partial charge in [-0.15, -0.1) is 0 Å². The number of likely N-dealkylation sites (tertiary alicyclic amines) is 1. The highest BCUT2D eigenvalue weighted by atomic mass is 35.5. The first kappa shape index (κ1) is 31.3. The summed E-state index contributed by atoms with van der Waals surface area (Å²) in [6.07, 6.45) is 2.31. The molecular formula is C31H35ClF2N2O4S. The van der Waals surface area contributed by atoms with Crippen LogP contribution in [-0.4, -0.2) is 60.1 Å². The Morgan fingerprint density at radius 1 is 0.927 bits per heavy atom. The lowest BCUT2D eigenvalue weighted by Crippen LogP contribution is -2.44. The van der Waals surface area contributed by atoms with Crippen LogP contribution in [0.3, 0.4) is 0 Å². The minimum Gasteiger partial charge on any atom is -0.385 e. The second kappa shape index (κ2) is 13.1. The molecule has 1 saturated heterocycles. The number of sulfone groups is 1. The molecule has 4 rings (SSSR count). The molecule has 0 radical (unpaired) electrons. The van der Waals surface area contributed by atoms with Gasteiger partial charge in [-0.2, -0.15) is 0 Å². The van der Waals surface area contributed by atoms with E-state index in [9.17, 15) is 17.2 Å². The van der Waals surface area contributed by atoms with Gasteiger partial charge in [0.1, 0.15) is 11.6 Å². The van der Waals surface area contributed by atoms with Gasteiger partial charge in [-0.3, -0.25) is 4.90 Å². The molecule has 6 nitrogen and oxygen atoms in total. The van der Waals surface area contributed by atoms with Gasteiger partial charge >= 0.3 is 0 Å². The summed E-state index contributed by atoms with van der Waals surface area (Å²) < 4.78 is 64.1. The fourth-order valence-corrected chi connectivity index (χ4v) is 6.70. The van der Waals surface area contributed by atoms with Gasteiger partial charge in [-0.25, -0.2) is 17.2 Å². The van der Waals surface area contributed by atoms with Crippen LogP contribution in [0.4, 0.5) is 8.78 Å². The lowest BCUT2D eigenvalue weighted by atomic mass is 9.83. The normalized spacial score (nSPS) is 15.0. The van der Waals surface area contributed by atoms with Crippen molar-refractivity contribution in [1.82, 2.24) is 4.90 Å². The van der Waals surface area contributed by atoms with Crippen LogP contribution in [0.15, 0.2) is 72.3 Å². The molecule has 0 unspecified atom stereocenters. The van der Waals surface area contributed by atoms with E-state index in [4.69, 9.17) is 26.8 Å². The zero-order valence-corrected chi connectivity index (χ0v) is 24.9. The van der Waals surface area contributed by atoms with E-state index in [2.05, 4.69) is 4.90 Å². The van der Waals surface area contributed by atoms with Crippen molar-refractivity contribution in [3.8, 4) is 0 Å². The molecule has 0 aliphatic carbocycles. The van der Waals surface area contributed by atoms with Crippen molar-refractivity contribution in [2.24, 2.45) is 5.73 Å². The highest BCUT2D eigenvalue weighted by Crippen LogP contribution is 2.39. The van der Waals surface area contributed by atoms with Crippen molar-refractivity contribution in [2.75, 3.05) is 46.8 Å². The van der Waals surface area contributed by atoms with Crippen LogP contribution in [0.2, 0.25) is 5.02 Å². The van der Waals surface area contributed by atoms with Crippen molar-refractivity contribution in [3.63, 3.8) is 0 Å². The SMILES string of the molecule is COCCC(N)(CCOC)c1ccc([C@H](c2ccc(Cl)cc2)N2CC(=C(c3cc(F)cc(F)c3)S(C)(=O)=O)C2)cc1. The Hall–Kier alpha value is -2.66. The third-order valence-electron chi connectivity index (χ3n) is 7.46. The average molecular weight is 605 g/mol. The second-order valence-electron chi connectivity index (χ2n) is 10.5.